The number of carbonyl (C=O) groups is 1. The van der Waals surface area contributed by atoms with Gasteiger partial charge < -0.3 is 0 Å². The molecule has 0 unspecified atom stereocenters. The second-order valence-electron chi connectivity index (χ2n) is 9.14. The molecule has 5 nitrogen and oxygen atoms in total. The Morgan fingerprint density at radius 3 is 2.12 bits per heavy atom. The van der Waals surface area contributed by atoms with Gasteiger partial charge in [0.15, 0.2) is 9.84 Å². The lowest BCUT2D eigenvalue weighted by Gasteiger charge is -2.18. The van der Waals surface area contributed by atoms with Crippen LogP contribution in [-0.4, -0.2) is 25.8 Å². The van der Waals surface area contributed by atoms with Crippen molar-refractivity contribution in [3.63, 3.8) is 0 Å². The quantitative estimate of drug-likeness (QED) is 0.416. The number of amides is 1. The van der Waals surface area contributed by atoms with Gasteiger partial charge in [0.25, 0.3) is 5.91 Å². The van der Waals surface area contributed by atoms with Crippen LogP contribution in [0.1, 0.15) is 31.9 Å². The Bertz CT molecular complexity index is 1370. The molecule has 0 atom stereocenters. The Labute approximate surface area is 205 Å². The number of benzene rings is 3. The van der Waals surface area contributed by atoms with E-state index in [4.69, 9.17) is 11.6 Å². The molecule has 4 rings (SSSR count). The number of anilines is 1. The molecule has 1 heterocycles. The first-order valence-corrected chi connectivity index (χ1v) is 12.9. The molecule has 1 aliphatic heterocycles. The fourth-order valence-electron chi connectivity index (χ4n) is 3.60. The number of halogens is 1. The van der Waals surface area contributed by atoms with E-state index in [1.807, 2.05) is 30.3 Å². The highest BCUT2D eigenvalue weighted by Gasteiger charge is 2.34. The fourth-order valence-corrected chi connectivity index (χ4v) is 5.02. The topological polar surface area (TPSA) is 66.8 Å². The monoisotopic (exact) mass is 492 g/mol. The molecule has 174 valence electrons. The summed E-state index contributed by atoms with van der Waals surface area (Å²) in [6.45, 7) is 6.39. The van der Waals surface area contributed by atoms with E-state index < -0.39 is 15.6 Å². The van der Waals surface area contributed by atoms with E-state index in [0.717, 1.165) is 11.1 Å². The summed E-state index contributed by atoms with van der Waals surface area (Å²) in [6.07, 6.45) is 1.70. The molecule has 0 aliphatic carbocycles. The molecule has 0 saturated heterocycles. The molecule has 1 amide bonds. The van der Waals surface area contributed by atoms with Crippen molar-refractivity contribution in [3.05, 3.63) is 101 Å². The van der Waals surface area contributed by atoms with Gasteiger partial charge in [-0.25, -0.2) is 8.42 Å². The Balaban J connectivity index is 1.74. The predicted molar refractivity (Wildman–Crippen MR) is 138 cm³/mol. The van der Waals surface area contributed by atoms with Crippen LogP contribution in [-0.2, 0) is 20.0 Å². The molecule has 0 fully saturated rings. The minimum Gasteiger partial charge on any atom is -0.267 e. The number of nitrogens with zero attached hydrogens (tertiary/aromatic N) is 2. The van der Waals surface area contributed by atoms with Crippen molar-refractivity contribution >= 4 is 44.8 Å². The van der Waals surface area contributed by atoms with Crippen LogP contribution in [0.4, 0.5) is 5.69 Å². The molecule has 0 spiro atoms. The summed E-state index contributed by atoms with van der Waals surface area (Å²) < 4.78 is 26.2. The molecule has 7 heteroatoms. The van der Waals surface area contributed by atoms with Crippen molar-refractivity contribution in [1.29, 1.82) is 0 Å². The van der Waals surface area contributed by atoms with Crippen LogP contribution in [0.2, 0.25) is 5.02 Å². The molecule has 1 aliphatic rings. The van der Waals surface area contributed by atoms with Crippen LogP contribution in [0.25, 0.3) is 6.08 Å². The van der Waals surface area contributed by atoms with Crippen LogP contribution in [0.3, 0.4) is 0 Å². The molecule has 0 radical (unpaired) electrons. The third kappa shape index (κ3) is 5.13. The lowest BCUT2D eigenvalue weighted by Crippen LogP contribution is -2.22. The summed E-state index contributed by atoms with van der Waals surface area (Å²) in [5.41, 5.74) is 2.98. The lowest BCUT2D eigenvalue weighted by atomic mass is 9.86. The Hall–Kier alpha value is -3.22. The van der Waals surface area contributed by atoms with Gasteiger partial charge in [0.05, 0.1) is 27.6 Å². The average Bonchev–Trinajstić information content (AvgIpc) is 3.09. The Morgan fingerprint density at radius 2 is 1.53 bits per heavy atom. The minimum atomic E-state index is -3.75. The zero-order valence-electron chi connectivity index (χ0n) is 19.2. The molecular formula is C27H25ClN2O3S. The highest BCUT2D eigenvalue weighted by atomic mass is 35.5. The molecule has 0 aromatic heterocycles. The van der Waals surface area contributed by atoms with Crippen LogP contribution in [0.15, 0.2) is 94.4 Å². The van der Waals surface area contributed by atoms with Crippen molar-refractivity contribution in [3.8, 4) is 0 Å². The van der Waals surface area contributed by atoms with Crippen LogP contribution < -0.4 is 5.01 Å². The SMILES string of the molecule is CC(C)(C)c1ccc(/C=C2/C(=O)N(c3ccccc3)N=C2CS(=O)(=O)c2ccc(Cl)cc2)cc1. The van der Waals surface area contributed by atoms with Gasteiger partial charge >= 0.3 is 0 Å². The zero-order valence-corrected chi connectivity index (χ0v) is 20.8. The summed E-state index contributed by atoms with van der Waals surface area (Å²) in [7, 11) is -3.75. The zero-order chi connectivity index (χ0) is 24.5. The van der Waals surface area contributed by atoms with Gasteiger partial charge in [0.2, 0.25) is 0 Å². The predicted octanol–water partition coefficient (Wildman–Crippen LogP) is 5.90. The smallest absolute Gasteiger partial charge is 0.267 e. The van der Waals surface area contributed by atoms with Crippen molar-refractivity contribution in [2.24, 2.45) is 5.10 Å². The number of hydrogen-bond donors (Lipinski definition) is 0. The average molecular weight is 493 g/mol. The molecule has 0 bridgehead atoms. The summed E-state index contributed by atoms with van der Waals surface area (Å²) in [4.78, 5) is 13.5. The number of carbonyl (C=O) groups excluding carboxylic acids is 1. The highest BCUT2D eigenvalue weighted by molar-refractivity contribution is 7.92. The third-order valence-electron chi connectivity index (χ3n) is 5.54. The lowest BCUT2D eigenvalue weighted by molar-refractivity contribution is -0.114. The fraction of sp³-hybridized carbons (Fsp3) is 0.185. The van der Waals surface area contributed by atoms with Crippen LogP contribution in [0, 0.1) is 0 Å². The van der Waals surface area contributed by atoms with Crippen molar-refractivity contribution in [2.75, 3.05) is 10.8 Å². The number of sulfone groups is 1. The van der Waals surface area contributed by atoms with E-state index in [1.54, 1.807) is 30.3 Å². The first kappa shape index (κ1) is 23.9. The first-order valence-electron chi connectivity index (χ1n) is 10.8. The normalized spacial score (nSPS) is 15.6. The van der Waals surface area contributed by atoms with Gasteiger partial charge in [-0.15, -0.1) is 0 Å². The van der Waals surface area contributed by atoms with E-state index in [1.165, 1.54) is 29.3 Å². The minimum absolute atomic E-state index is 0.00175. The first-order chi connectivity index (χ1) is 16.0. The number of rotatable bonds is 5. The van der Waals surface area contributed by atoms with Crippen LogP contribution in [0.5, 0.6) is 0 Å². The van der Waals surface area contributed by atoms with Gasteiger partial charge in [0, 0.05) is 5.02 Å². The number of para-hydroxylation sites is 1. The maximum absolute atomic E-state index is 13.3. The maximum atomic E-state index is 13.3. The van der Waals surface area contributed by atoms with Gasteiger partial charge in [-0.3, -0.25) is 4.79 Å². The second kappa shape index (κ2) is 9.20. The number of hydrogen-bond acceptors (Lipinski definition) is 4. The van der Waals surface area contributed by atoms with E-state index in [-0.39, 0.29) is 27.5 Å². The summed E-state index contributed by atoms with van der Waals surface area (Å²) in [5, 5.41) is 6.13. The van der Waals surface area contributed by atoms with Crippen molar-refractivity contribution in [2.45, 2.75) is 31.1 Å². The molecule has 3 aromatic carbocycles. The molecular weight excluding hydrogens is 468 g/mol. The summed E-state index contributed by atoms with van der Waals surface area (Å²) >= 11 is 5.91. The largest absolute Gasteiger partial charge is 0.280 e. The summed E-state index contributed by atoms with van der Waals surface area (Å²) in [5.74, 6) is -0.775. The molecule has 0 N–H and O–H groups in total. The van der Waals surface area contributed by atoms with Crippen LogP contribution >= 0.6 is 11.6 Å². The van der Waals surface area contributed by atoms with Gasteiger partial charge in [-0.1, -0.05) is 74.8 Å². The van der Waals surface area contributed by atoms with Crippen molar-refractivity contribution in [1.82, 2.24) is 0 Å². The van der Waals surface area contributed by atoms with E-state index in [9.17, 15) is 13.2 Å². The second-order valence-corrected chi connectivity index (χ2v) is 11.6. The maximum Gasteiger partial charge on any atom is 0.280 e. The molecule has 0 saturated carbocycles. The standard InChI is InChI=1S/C27H25ClN2O3S/c1-27(2,3)20-11-9-19(10-12-20)17-24-25(18-34(32,33)23-15-13-21(28)14-16-23)29-30(26(24)31)22-7-5-4-6-8-22/h4-17H,18H2,1-3H3/b24-17+. The summed E-state index contributed by atoms with van der Waals surface area (Å²) in [6, 6.07) is 22.8. The highest BCUT2D eigenvalue weighted by Crippen LogP contribution is 2.28. The van der Waals surface area contributed by atoms with E-state index >= 15 is 0 Å². The van der Waals surface area contributed by atoms with Gasteiger partial charge in [0.1, 0.15) is 0 Å². The van der Waals surface area contributed by atoms with Gasteiger partial charge in [-0.05, 0) is 59.0 Å². The molecule has 3 aromatic rings. The third-order valence-corrected chi connectivity index (χ3v) is 7.44. The Kier molecular flexibility index (Phi) is 6.47. The van der Waals surface area contributed by atoms with Gasteiger partial charge in [-0.2, -0.15) is 10.1 Å². The Morgan fingerprint density at radius 1 is 0.912 bits per heavy atom. The van der Waals surface area contributed by atoms with E-state index in [2.05, 4.69) is 25.9 Å². The van der Waals surface area contributed by atoms with E-state index in [0.29, 0.717) is 10.7 Å². The number of hydrazone groups is 1. The van der Waals surface area contributed by atoms with Crippen molar-refractivity contribution < 1.29 is 13.2 Å². The molecule has 34 heavy (non-hydrogen) atoms.